The summed E-state index contributed by atoms with van der Waals surface area (Å²) in [4.78, 5) is 19.4. The van der Waals surface area contributed by atoms with Crippen molar-refractivity contribution in [2.45, 2.75) is 23.8 Å². The number of carbonyl (C=O) groups is 2. The summed E-state index contributed by atoms with van der Waals surface area (Å²) in [6.07, 6.45) is -0.0599. The number of carboxylic acids is 2. The molecule has 0 fully saturated rings. The molecule has 6 nitrogen and oxygen atoms in total. The van der Waals surface area contributed by atoms with Gasteiger partial charge in [0.15, 0.2) is 4.87 Å². The third-order valence-corrected chi connectivity index (χ3v) is 3.35. The number of hydrogen-bond donors (Lipinski definition) is 5. The maximum atomic E-state index is 10.7. The number of thiol groups is 1. The highest BCUT2D eigenvalue weighted by Gasteiger charge is 2.34. The van der Waals surface area contributed by atoms with Crippen molar-refractivity contribution in [3.05, 3.63) is 0 Å². The van der Waals surface area contributed by atoms with Crippen LogP contribution in [0.15, 0.2) is 0 Å². The van der Waals surface area contributed by atoms with Crippen molar-refractivity contribution >= 4 is 34.4 Å². The van der Waals surface area contributed by atoms with Gasteiger partial charge in [0.05, 0.1) is 0 Å². The molecule has 0 amide bonds. The molecule has 0 spiro atoms. The van der Waals surface area contributed by atoms with E-state index in [0.717, 1.165) is 0 Å². The Kier molecular flexibility index (Phi) is 5.27. The van der Waals surface area contributed by atoms with Crippen LogP contribution in [0.25, 0.3) is 0 Å². The van der Waals surface area contributed by atoms with Crippen LogP contribution in [-0.4, -0.2) is 33.1 Å². The number of rotatable bonds is 6. The van der Waals surface area contributed by atoms with Crippen LogP contribution in [-0.2, 0) is 9.59 Å². The normalized spacial score (nSPS) is 17.1. The average Bonchev–Trinajstić information content (AvgIpc) is 2.12. The maximum Gasteiger partial charge on any atom is 0.335 e. The fourth-order valence-electron chi connectivity index (χ4n) is 0.685. The summed E-state index contributed by atoms with van der Waals surface area (Å²) >= 11 is 3.72. The van der Waals surface area contributed by atoms with Gasteiger partial charge in [-0.1, -0.05) is 10.8 Å². The van der Waals surface area contributed by atoms with E-state index in [4.69, 9.17) is 21.7 Å². The Morgan fingerprint density at radius 2 is 2.00 bits per heavy atom. The van der Waals surface area contributed by atoms with Crippen molar-refractivity contribution in [3.8, 4) is 0 Å². The summed E-state index contributed by atoms with van der Waals surface area (Å²) in [5, 5.41) is 17.2. The Balaban J connectivity index is 4.21. The monoisotopic (exact) mass is 240 g/mol. The third kappa shape index (κ3) is 3.74. The standard InChI is InChI=1S/C6H12N2O4S2/c7-3(4(9)10)1-2-6(8,14-13)5(11)12/h3,13H,1-2,7-8H2,(H,9,10)(H,11,12)/t3-,6+/m0/s1. The molecule has 82 valence electrons. The van der Waals surface area contributed by atoms with E-state index in [1.54, 1.807) is 0 Å². The lowest BCUT2D eigenvalue weighted by atomic mass is 10.1. The first-order valence-corrected chi connectivity index (χ1v) is 5.53. The first-order chi connectivity index (χ1) is 6.33. The zero-order valence-electron chi connectivity index (χ0n) is 7.21. The van der Waals surface area contributed by atoms with Gasteiger partial charge in [-0.2, -0.15) is 0 Å². The number of carboxylic acid groups (broad SMARTS) is 2. The second-order valence-electron chi connectivity index (χ2n) is 2.77. The maximum absolute atomic E-state index is 10.7. The minimum absolute atomic E-state index is 0.00824. The minimum atomic E-state index is -1.59. The average molecular weight is 240 g/mol. The van der Waals surface area contributed by atoms with Crippen LogP contribution >= 0.6 is 22.5 Å². The van der Waals surface area contributed by atoms with Gasteiger partial charge >= 0.3 is 11.9 Å². The van der Waals surface area contributed by atoms with E-state index in [1.807, 2.05) is 0 Å². The summed E-state index contributed by atoms with van der Waals surface area (Å²) in [7, 11) is 0.658. The van der Waals surface area contributed by atoms with E-state index in [9.17, 15) is 9.59 Å². The molecule has 0 aromatic heterocycles. The van der Waals surface area contributed by atoms with E-state index in [2.05, 4.69) is 11.7 Å². The van der Waals surface area contributed by atoms with Gasteiger partial charge in [0, 0.05) is 0 Å². The molecule has 0 radical (unpaired) electrons. The smallest absolute Gasteiger partial charge is 0.335 e. The second kappa shape index (κ2) is 5.44. The summed E-state index contributed by atoms with van der Waals surface area (Å²) in [5.41, 5.74) is 10.6. The Morgan fingerprint density at radius 1 is 1.50 bits per heavy atom. The quantitative estimate of drug-likeness (QED) is 0.240. The van der Waals surface area contributed by atoms with E-state index >= 15 is 0 Å². The predicted molar refractivity (Wildman–Crippen MR) is 56.0 cm³/mol. The molecule has 8 heteroatoms. The summed E-state index contributed by atoms with van der Waals surface area (Å²) in [6.45, 7) is 0. The minimum Gasteiger partial charge on any atom is -0.480 e. The van der Waals surface area contributed by atoms with E-state index in [1.165, 1.54) is 0 Å². The summed E-state index contributed by atoms with van der Waals surface area (Å²) in [5.74, 6) is -2.42. The van der Waals surface area contributed by atoms with Gasteiger partial charge in [0.2, 0.25) is 0 Å². The van der Waals surface area contributed by atoms with Crippen LogP contribution in [0.1, 0.15) is 12.8 Å². The Labute approximate surface area is 89.8 Å². The molecule has 0 aromatic rings. The molecule has 0 bridgehead atoms. The topological polar surface area (TPSA) is 127 Å². The van der Waals surface area contributed by atoms with E-state index in [0.29, 0.717) is 10.8 Å². The Morgan fingerprint density at radius 3 is 2.29 bits per heavy atom. The molecule has 0 aromatic carbocycles. The highest BCUT2D eigenvalue weighted by Crippen LogP contribution is 2.28. The zero-order valence-corrected chi connectivity index (χ0v) is 8.92. The summed E-state index contributed by atoms with van der Waals surface area (Å²) in [6, 6.07) is -1.10. The molecular weight excluding hydrogens is 228 g/mol. The molecule has 0 rings (SSSR count). The molecule has 0 aliphatic rings. The number of nitrogens with two attached hydrogens (primary N) is 2. The van der Waals surface area contributed by atoms with E-state index in [-0.39, 0.29) is 12.8 Å². The lowest BCUT2D eigenvalue weighted by molar-refractivity contribution is -0.141. The van der Waals surface area contributed by atoms with Crippen molar-refractivity contribution in [3.63, 3.8) is 0 Å². The lowest BCUT2D eigenvalue weighted by Crippen LogP contribution is -2.45. The van der Waals surface area contributed by atoms with Gasteiger partial charge in [-0.05, 0) is 12.8 Å². The van der Waals surface area contributed by atoms with Crippen LogP contribution in [0.4, 0.5) is 0 Å². The first-order valence-electron chi connectivity index (χ1n) is 3.66. The lowest BCUT2D eigenvalue weighted by Gasteiger charge is -2.21. The Bertz CT molecular complexity index is 238. The molecule has 0 aliphatic heterocycles. The van der Waals surface area contributed by atoms with Gasteiger partial charge in [-0.15, -0.1) is 11.7 Å². The van der Waals surface area contributed by atoms with Crippen LogP contribution in [0.2, 0.25) is 0 Å². The first kappa shape index (κ1) is 13.6. The van der Waals surface area contributed by atoms with Crippen LogP contribution < -0.4 is 11.5 Å². The predicted octanol–water partition coefficient (Wildman–Crippen LogP) is -0.504. The molecule has 0 heterocycles. The van der Waals surface area contributed by atoms with Gasteiger partial charge in [0.25, 0.3) is 0 Å². The number of aliphatic carboxylic acids is 2. The molecular formula is C6H12N2O4S2. The Hall–Kier alpha value is -0.440. The third-order valence-electron chi connectivity index (χ3n) is 1.67. The molecule has 0 aliphatic carbocycles. The highest BCUT2D eigenvalue weighted by molar-refractivity contribution is 8.69. The van der Waals surface area contributed by atoms with Gasteiger partial charge in [-0.25, -0.2) is 4.79 Å². The van der Waals surface area contributed by atoms with Crippen LogP contribution in [0.5, 0.6) is 0 Å². The number of hydrogen-bond acceptors (Lipinski definition) is 6. The van der Waals surface area contributed by atoms with Crippen molar-refractivity contribution in [1.29, 1.82) is 0 Å². The fraction of sp³-hybridized carbons (Fsp3) is 0.667. The fourth-order valence-corrected chi connectivity index (χ4v) is 1.48. The van der Waals surface area contributed by atoms with Gasteiger partial charge in [0.1, 0.15) is 6.04 Å². The molecule has 0 saturated heterocycles. The van der Waals surface area contributed by atoms with Gasteiger partial charge in [-0.3, -0.25) is 4.79 Å². The van der Waals surface area contributed by atoms with Gasteiger partial charge < -0.3 is 21.7 Å². The van der Waals surface area contributed by atoms with Crippen LogP contribution in [0, 0.1) is 0 Å². The molecule has 14 heavy (non-hydrogen) atoms. The molecule has 2 atom stereocenters. The van der Waals surface area contributed by atoms with E-state index < -0.39 is 22.9 Å². The highest BCUT2D eigenvalue weighted by atomic mass is 33.1. The van der Waals surface area contributed by atoms with Crippen molar-refractivity contribution in [1.82, 2.24) is 0 Å². The molecule has 6 N–H and O–H groups in total. The SMILES string of the molecule is N[C@@H](CC[C@@](N)(SS)C(=O)O)C(=O)O. The molecule has 0 unspecified atom stereocenters. The second-order valence-corrected chi connectivity index (χ2v) is 4.23. The largest absolute Gasteiger partial charge is 0.480 e. The van der Waals surface area contributed by atoms with Crippen molar-refractivity contribution in [2.75, 3.05) is 0 Å². The van der Waals surface area contributed by atoms with Crippen molar-refractivity contribution in [2.24, 2.45) is 11.5 Å². The summed E-state index contributed by atoms with van der Waals surface area (Å²) < 4.78 is 0. The zero-order chi connectivity index (χ0) is 11.4. The molecule has 0 saturated carbocycles. The van der Waals surface area contributed by atoms with Crippen molar-refractivity contribution < 1.29 is 19.8 Å². The van der Waals surface area contributed by atoms with Crippen LogP contribution in [0.3, 0.4) is 0 Å².